The minimum absolute atomic E-state index is 0.0181. The fourth-order valence-corrected chi connectivity index (χ4v) is 1.93. The third-order valence-electron chi connectivity index (χ3n) is 2.91. The van der Waals surface area contributed by atoms with Gasteiger partial charge in [0.2, 0.25) is 5.91 Å². The molecule has 94 valence electrons. The number of aliphatic hydroxyl groups is 1. The Morgan fingerprint density at radius 2 is 1.88 bits per heavy atom. The van der Waals surface area contributed by atoms with E-state index in [0.29, 0.717) is 6.54 Å². The molecule has 0 saturated heterocycles. The molecule has 1 N–H and O–H groups in total. The molecule has 0 aliphatic rings. The Hall–Kier alpha value is -1.35. The fourth-order valence-electron chi connectivity index (χ4n) is 1.93. The van der Waals surface area contributed by atoms with Crippen LogP contribution in [0.3, 0.4) is 0 Å². The Morgan fingerprint density at radius 3 is 2.35 bits per heavy atom. The van der Waals surface area contributed by atoms with E-state index in [1.165, 1.54) is 0 Å². The highest BCUT2D eigenvalue weighted by molar-refractivity contribution is 5.87. The minimum atomic E-state index is -0.565. The summed E-state index contributed by atoms with van der Waals surface area (Å²) in [4.78, 5) is 13.9. The first-order chi connectivity index (χ1) is 7.85. The zero-order valence-electron chi connectivity index (χ0n) is 11.0. The van der Waals surface area contributed by atoms with Crippen molar-refractivity contribution in [2.45, 2.75) is 32.3 Å². The van der Waals surface area contributed by atoms with Gasteiger partial charge in [0, 0.05) is 13.6 Å². The van der Waals surface area contributed by atoms with Gasteiger partial charge in [-0.05, 0) is 26.3 Å². The molecule has 0 bridgehead atoms. The zero-order chi connectivity index (χ0) is 13.1. The first-order valence-corrected chi connectivity index (χ1v) is 5.85. The highest BCUT2D eigenvalue weighted by Gasteiger charge is 2.32. The number of carbonyl (C=O) groups is 1. The van der Waals surface area contributed by atoms with Crippen LogP contribution in [0.25, 0.3) is 0 Å². The third-order valence-corrected chi connectivity index (χ3v) is 2.91. The summed E-state index contributed by atoms with van der Waals surface area (Å²) < 4.78 is 0. The summed E-state index contributed by atoms with van der Waals surface area (Å²) in [6.45, 7) is 5.85. The number of hydrogen-bond donors (Lipinski definition) is 1. The molecule has 1 aromatic rings. The van der Waals surface area contributed by atoms with E-state index in [1.807, 2.05) is 44.2 Å². The summed E-state index contributed by atoms with van der Waals surface area (Å²) >= 11 is 0. The number of rotatable bonds is 4. The molecule has 0 radical (unpaired) electrons. The van der Waals surface area contributed by atoms with Crippen LogP contribution in [0.2, 0.25) is 0 Å². The van der Waals surface area contributed by atoms with Crippen LogP contribution in [-0.4, -0.2) is 35.6 Å². The van der Waals surface area contributed by atoms with Gasteiger partial charge in [0.05, 0.1) is 11.5 Å². The van der Waals surface area contributed by atoms with Gasteiger partial charge in [-0.15, -0.1) is 0 Å². The lowest BCUT2D eigenvalue weighted by atomic mass is 9.83. The van der Waals surface area contributed by atoms with E-state index in [-0.39, 0.29) is 5.91 Å². The number of amides is 1. The molecule has 3 heteroatoms. The predicted octanol–water partition coefficient (Wildman–Crippen LogP) is 1.80. The molecule has 0 aliphatic carbocycles. The standard InChI is InChI=1S/C14H21NO2/c1-11(16)10-15(4)13(17)14(2,3)12-8-6-5-7-9-12/h5-9,11,16H,10H2,1-4H3. The number of carbonyl (C=O) groups excluding carboxylic acids is 1. The lowest BCUT2D eigenvalue weighted by molar-refractivity contribution is -0.136. The smallest absolute Gasteiger partial charge is 0.232 e. The van der Waals surface area contributed by atoms with Crippen LogP contribution in [0.5, 0.6) is 0 Å². The van der Waals surface area contributed by atoms with Crippen LogP contribution in [-0.2, 0) is 10.2 Å². The average molecular weight is 235 g/mol. The van der Waals surface area contributed by atoms with Gasteiger partial charge in [0.1, 0.15) is 0 Å². The lowest BCUT2D eigenvalue weighted by Gasteiger charge is -2.30. The maximum atomic E-state index is 12.3. The second-order valence-corrected chi connectivity index (χ2v) is 5.03. The van der Waals surface area contributed by atoms with Crippen molar-refractivity contribution in [2.24, 2.45) is 0 Å². The van der Waals surface area contributed by atoms with Crippen LogP contribution in [0.4, 0.5) is 0 Å². The summed E-state index contributed by atoms with van der Waals surface area (Å²) in [5.74, 6) is 0.0181. The molecule has 1 unspecified atom stereocenters. The first-order valence-electron chi connectivity index (χ1n) is 5.85. The summed E-state index contributed by atoms with van der Waals surface area (Å²) in [6.07, 6.45) is -0.504. The molecule has 1 atom stereocenters. The van der Waals surface area contributed by atoms with E-state index < -0.39 is 11.5 Å². The van der Waals surface area contributed by atoms with Gasteiger partial charge in [-0.25, -0.2) is 0 Å². The molecule has 3 nitrogen and oxygen atoms in total. The van der Waals surface area contributed by atoms with Crippen LogP contribution < -0.4 is 0 Å². The van der Waals surface area contributed by atoms with Crippen molar-refractivity contribution >= 4 is 5.91 Å². The number of aliphatic hydroxyl groups excluding tert-OH is 1. The highest BCUT2D eigenvalue weighted by Crippen LogP contribution is 2.25. The average Bonchev–Trinajstić information content (AvgIpc) is 2.28. The number of hydrogen-bond acceptors (Lipinski definition) is 2. The number of likely N-dealkylation sites (N-methyl/N-ethyl adjacent to an activating group) is 1. The zero-order valence-corrected chi connectivity index (χ0v) is 11.0. The molecule has 1 amide bonds. The lowest BCUT2D eigenvalue weighted by Crippen LogP contribution is -2.43. The van der Waals surface area contributed by atoms with Gasteiger partial charge >= 0.3 is 0 Å². The molecule has 0 saturated carbocycles. The van der Waals surface area contributed by atoms with Gasteiger partial charge in [0.15, 0.2) is 0 Å². The van der Waals surface area contributed by atoms with Gasteiger partial charge in [-0.1, -0.05) is 30.3 Å². The molecule has 1 aromatic carbocycles. The fraction of sp³-hybridized carbons (Fsp3) is 0.500. The summed E-state index contributed by atoms with van der Waals surface area (Å²) in [7, 11) is 1.72. The van der Waals surface area contributed by atoms with Crippen LogP contribution in [0.15, 0.2) is 30.3 Å². The Balaban J connectivity index is 2.87. The van der Waals surface area contributed by atoms with E-state index >= 15 is 0 Å². The topological polar surface area (TPSA) is 40.5 Å². The van der Waals surface area contributed by atoms with Crippen LogP contribution in [0, 0.1) is 0 Å². The van der Waals surface area contributed by atoms with E-state index in [0.717, 1.165) is 5.56 Å². The summed E-state index contributed by atoms with van der Waals surface area (Å²) in [5.41, 5.74) is 0.424. The van der Waals surface area contributed by atoms with E-state index in [1.54, 1.807) is 18.9 Å². The van der Waals surface area contributed by atoms with Crippen molar-refractivity contribution < 1.29 is 9.90 Å². The second-order valence-electron chi connectivity index (χ2n) is 5.03. The monoisotopic (exact) mass is 235 g/mol. The van der Waals surface area contributed by atoms with Crippen molar-refractivity contribution in [3.05, 3.63) is 35.9 Å². The van der Waals surface area contributed by atoms with Gasteiger partial charge in [-0.2, -0.15) is 0 Å². The second kappa shape index (κ2) is 5.32. The molecular weight excluding hydrogens is 214 g/mol. The first kappa shape index (κ1) is 13.7. The Labute approximate surface area is 103 Å². The molecule has 1 rings (SSSR count). The van der Waals surface area contributed by atoms with E-state index in [2.05, 4.69) is 0 Å². The van der Waals surface area contributed by atoms with E-state index in [9.17, 15) is 9.90 Å². The van der Waals surface area contributed by atoms with Crippen molar-refractivity contribution in [3.63, 3.8) is 0 Å². The third kappa shape index (κ3) is 3.30. The number of benzene rings is 1. The molecule has 0 fully saturated rings. The van der Waals surface area contributed by atoms with Gasteiger partial charge < -0.3 is 10.0 Å². The molecule has 0 aromatic heterocycles. The molecular formula is C14H21NO2. The molecule has 0 aliphatic heterocycles. The Bertz CT molecular complexity index is 371. The van der Waals surface area contributed by atoms with Crippen molar-refractivity contribution in [2.75, 3.05) is 13.6 Å². The Kier molecular flexibility index (Phi) is 4.29. The minimum Gasteiger partial charge on any atom is -0.392 e. The number of nitrogens with zero attached hydrogens (tertiary/aromatic N) is 1. The Morgan fingerprint density at radius 1 is 1.35 bits per heavy atom. The van der Waals surface area contributed by atoms with Crippen LogP contribution >= 0.6 is 0 Å². The highest BCUT2D eigenvalue weighted by atomic mass is 16.3. The predicted molar refractivity (Wildman–Crippen MR) is 68.8 cm³/mol. The molecule has 17 heavy (non-hydrogen) atoms. The molecule has 0 spiro atoms. The van der Waals surface area contributed by atoms with Gasteiger partial charge in [0.25, 0.3) is 0 Å². The van der Waals surface area contributed by atoms with Crippen molar-refractivity contribution in [3.8, 4) is 0 Å². The summed E-state index contributed by atoms with van der Waals surface area (Å²) in [5, 5.41) is 9.31. The molecule has 0 heterocycles. The quantitative estimate of drug-likeness (QED) is 0.864. The van der Waals surface area contributed by atoms with E-state index in [4.69, 9.17) is 0 Å². The van der Waals surface area contributed by atoms with Crippen molar-refractivity contribution in [1.82, 2.24) is 4.90 Å². The SMILES string of the molecule is CC(O)CN(C)C(=O)C(C)(C)c1ccccc1. The maximum Gasteiger partial charge on any atom is 0.232 e. The summed E-state index contributed by atoms with van der Waals surface area (Å²) in [6, 6.07) is 9.70. The van der Waals surface area contributed by atoms with Crippen molar-refractivity contribution in [1.29, 1.82) is 0 Å². The van der Waals surface area contributed by atoms with Crippen LogP contribution in [0.1, 0.15) is 26.3 Å². The largest absolute Gasteiger partial charge is 0.392 e. The normalized spacial score (nSPS) is 13.2. The van der Waals surface area contributed by atoms with Gasteiger partial charge in [-0.3, -0.25) is 4.79 Å². The maximum absolute atomic E-state index is 12.3.